The van der Waals surface area contributed by atoms with Gasteiger partial charge in [-0.05, 0) is 24.5 Å². The van der Waals surface area contributed by atoms with Gasteiger partial charge in [0.25, 0.3) is 5.91 Å². The third-order valence-corrected chi connectivity index (χ3v) is 2.95. The van der Waals surface area contributed by atoms with Gasteiger partial charge in [0.1, 0.15) is 0 Å². The molecule has 1 aromatic heterocycles. The summed E-state index contributed by atoms with van der Waals surface area (Å²) >= 11 is 0. The maximum absolute atomic E-state index is 11.9. The third kappa shape index (κ3) is 2.48. The van der Waals surface area contributed by atoms with Gasteiger partial charge < -0.3 is 5.32 Å². The first-order chi connectivity index (χ1) is 7.79. The lowest BCUT2D eigenvalue weighted by atomic mass is 10.1. The van der Waals surface area contributed by atoms with E-state index in [9.17, 15) is 4.79 Å². The van der Waals surface area contributed by atoms with Gasteiger partial charge in [-0.2, -0.15) is 0 Å². The fourth-order valence-electron chi connectivity index (χ4n) is 2.03. The van der Waals surface area contributed by atoms with Crippen molar-refractivity contribution in [1.82, 2.24) is 10.3 Å². The SMILES string of the molecule is C=Cc1cncc(C(=O)NC2CCCC2)c1. The minimum Gasteiger partial charge on any atom is -0.349 e. The molecule has 1 amide bonds. The molecule has 0 spiro atoms. The molecule has 0 aromatic carbocycles. The van der Waals surface area contributed by atoms with E-state index < -0.39 is 0 Å². The Morgan fingerprint density at radius 3 is 2.88 bits per heavy atom. The predicted octanol–water partition coefficient (Wildman–Crippen LogP) is 2.40. The van der Waals surface area contributed by atoms with Crippen LogP contribution in [0.4, 0.5) is 0 Å². The summed E-state index contributed by atoms with van der Waals surface area (Å²) in [6.45, 7) is 3.66. The fourth-order valence-corrected chi connectivity index (χ4v) is 2.03. The number of carbonyl (C=O) groups is 1. The molecule has 1 aliphatic carbocycles. The zero-order chi connectivity index (χ0) is 11.4. The van der Waals surface area contributed by atoms with E-state index in [-0.39, 0.29) is 5.91 Å². The molecule has 0 bridgehead atoms. The van der Waals surface area contributed by atoms with Crippen LogP contribution in [0.1, 0.15) is 41.6 Å². The quantitative estimate of drug-likeness (QED) is 0.843. The summed E-state index contributed by atoms with van der Waals surface area (Å²) in [6.07, 6.45) is 9.61. The first-order valence-corrected chi connectivity index (χ1v) is 5.68. The van der Waals surface area contributed by atoms with Crippen molar-refractivity contribution in [2.45, 2.75) is 31.7 Å². The molecular formula is C13H16N2O. The second-order valence-electron chi connectivity index (χ2n) is 4.17. The van der Waals surface area contributed by atoms with E-state index in [4.69, 9.17) is 0 Å². The van der Waals surface area contributed by atoms with Crippen LogP contribution in [0.2, 0.25) is 0 Å². The molecule has 0 saturated heterocycles. The van der Waals surface area contributed by atoms with Gasteiger partial charge >= 0.3 is 0 Å². The number of nitrogens with zero attached hydrogens (tertiary/aromatic N) is 1. The second-order valence-corrected chi connectivity index (χ2v) is 4.17. The van der Waals surface area contributed by atoms with Crippen LogP contribution >= 0.6 is 0 Å². The van der Waals surface area contributed by atoms with E-state index >= 15 is 0 Å². The van der Waals surface area contributed by atoms with E-state index in [0.717, 1.165) is 18.4 Å². The smallest absolute Gasteiger partial charge is 0.253 e. The normalized spacial score (nSPS) is 16.0. The number of hydrogen-bond acceptors (Lipinski definition) is 2. The number of nitrogens with one attached hydrogen (secondary N) is 1. The highest BCUT2D eigenvalue weighted by molar-refractivity contribution is 5.94. The summed E-state index contributed by atoms with van der Waals surface area (Å²) in [5.41, 5.74) is 1.49. The van der Waals surface area contributed by atoms with Crippen LogP contribution in [0.3, 0.4) is 0 Å². The number of pyridine rings is 1. The third-order valence-electron chi connectivity index (χ3n) is 2.95. The zero-order valence-corrected chi connectivity index (χ0v) is 9.28. The minimum atomic E-state index is -0.0249. The van der Waals surface area contributed by atoms with Gasteiger partial charge in [0.2, 0.25) is 0 Å². The van der Waals surface area contributed by atoms with Gasteiger partial charge in [0.15, 0.2) is 0 Å². The molecule has 1 aromatic rings. The van der Waals surface area contributed by atoms with Crippen molar-refractivity contribution < 1.29 is 4.79 Å². The molecule has 1 saturated carbocycles. The van der Waals surface area contributed by atoms with Crippen LogP contribution in [-0.2, 0) is 0 Å². The van der Waals surface area contributed by atoms with Crippen LogP contribution in [0, 0.1) is 0 Å². The molecular weight excluding hydrogens is 200 g/mol. The number of rotatable bonds is 3. The first-order valence-electron chi connectivity index (χ1n) is 5.68. The van der Waals surface area contributed by atoms with Crippen LogP contribution < -0.4 is 5.32 Å². The zero-order valence-electron chi connectivity index (χ0n) is 9.28. The van der Waals surface area contributed by atoms with Crippen LogP contribution in [0.5, 0.6) is 0 Å². The van der Waals surface area contributed by atoms with Gasteiger partial charge in [0.05, 0.1) is 5.56 Å². The highest BCUT2D eigenvalue weighted by Crippen LogP contribution is 2.18. The van der Waals surface area contributed by atoms with Gasteiger partial charge in [-0.1, -0.05) is 25.5 Å². The Balaban J connectivity index is 2.04. The summed E-state index contributed by atoms with van der Waals surface area (Å²) in [5.74, 6) is -0.0249. The molecule has 1 heterocycles. The van der Waals surface area contributed by atoms with Crippen LogP contribution in [0.25, 0.3) is 6.08 Å². The van der Waals surface area contributed by atoms with Crippen molar-refractivity contribution >= 4 is 12.0 Å². The van der Waals surface area contributed by atoms with E-state index in [0.29, 0.717) is 11.6 Å². The van der Waals surface area contributed by atoms with Crippen molar-refractivity contribution in [3.05, 3.63) is 36.2 Å². The molecule has 1 aliphatic rings. The number of amides is 1. The molecule has 16 heavy (non-hydrogen) atoms. The van der Waals surface area contributed by atoms with Crippen molar-refractivity contribution in [2.75, 3.05) is 0 Å². The highest BCUT2D eigenvalue weighted by atomic mass is 16.1. The van der Waals surface area contributed by atoms with Gasteiger partial charge in [-0.25, -0.2) is 0 Å². The molecule has 2 rings (SSSR count). The van der Waals surface area contributed by atoms with Crippen molar-refractivity contribution in [2.24, 2.45) is 0 Å². The minimum absolute atomic E-state index is 0.0249. The lowest BCUT2D eigenvalue weighted by Crippen LogP contribution is -2.32. The Morgan fingerprint density at radius 1 is 1.44 bits per heavy atom. The van der Waals surface area contributed by atoms with Gasteiger partial charge in [-0.15, -0.1) is 0 Å². The number of hydrogen-bond donors (Lipinski definition) is 1. The summed E-state index contributed by atoms with van der Waals surface area (Å²) in [6, 6.07) is 2.16. The predicted molar refractivity (Wildman–Crippen MR) is 64.1 cm³/mol. The molecule has 0 unspecified atom stereocenters. The van der Waals surface area contributed by atoms with Crippen molar-refractivity contribution in [1.29, 1.82) is 0 Å². The van der Waals surface area contributed by atoms with Gasteiger partial charge in [0, 0.05) is 18.4 Å². The molecule has 1 fully saturated rings. The lowest BCUT2D eigenvalue weighted by molar-refractivity contribution is 0.0937. The monoisotopic (exact) mass is 216 g/mol. The second kappa shape index (κ2) is 4.92. The molecule has 0 aliphatic heterocycles. The molecule has 1 N–H and O–H groups in total. The Labute approximate surface area is 95.6 Å². The van der Waals surface area contributed by atoms with E-state index in [2.05, 4.69) is 16.9 Å². The van der Waals surface area contributed by atoms with E-state index in [1.807, 2.05) is 6.07 Å². The highest BCUT2D eigenvalue weighted by Gasteiger charge is 2.17. The molecule has 0 atom stereocenters. The molecule has 0 radical (unpaired) electrons. The lowest BCUT2D eigenvalue weighted by Gasteiger charge is -2.11. The Morgan fingerprint density at radius 2 is 2.19 bits per heavy atom. The summed E-state index contributed by atoms with van der Waals surface area (Å²) < 4.78 is 0. The Hall–Kier alpha value is -1.64. The average molecular weight is 216 g/mol. The van der Waals surface area contributed by atoms with Crippen molar-refractivity contribution in [3.63, 3.8) is 0 Å². The average Bonchev–Trinajstić information content (AvgIpc) is 2.82. The maximum Gasteiger partial charge on any atom is 0.253 e. The van der Waals surface area contributed by atoms with Crippen LogP contribution in [-0.4, -0.2) is 16.9 Å². The fraction of sp³-hybridized carbons (Fsp3) is 0.385. The van der Waals surface area contributed by atoms with E-state index in [1.165, 1.54) is 12.8 Å². The Bertz CT molecular complexity index is 395. The summed E-state index contributed by atoms with van der Waals surface area (Å²) in [7, 11) is 0. The standard InChI is InChI=1S/C13H16N2O/c1-2-10-7-11(9-14-8-10)13(16)15-12-5-3-4-6-12/h2,7-9,12H,1,3-6H2,(H,15,16). The molecule has 3 nitrogen and oxygen atoms in total. The number of carbonyl (C=O) groups excluding carboxylic acids is 1. The summed E-state index contributed by atoms with van der Waals surface area (Å²) in [5, 5.41) is 3.03. The topological polar surface area (TPSA) is 42.0 Å². The van der Waals surface area contributed by atoms with Gasteiger partial charge in [-0.3, -0.25) is 9.78 Å². The van der Waals surface area contributed by atoms with E-state index in [1.54, 1.807) is 18.5 Å². The maximum atomic E-state index is 11.9. The Kier molecular flexibility index (Phi) is 3.34. The molecule has 84 valence electrons. The first kappa shape index (κ1) is 10.9. The number of aromatic nitrogens is 1. The largest absolute Gasteiger partial charge is 0.349 e. The summed E-state index contributed by atoms with van der Waals surface area (Å²) in [4.78, 5) is 15.9. The molecule has 3 heteroatoms. The van der Waals surface area contributed by atoms with Crippen LogP contribution in [0.15, 0.2) is 25.0 Å². The van der Waals surface area contributed by atoms with Crippen molar-refractivity contribution in [3.8, 4) is 0 Å².